The third-order valence-electron chi connectivity index (χ3n) is 4.14. The van der Waals surface area contributed by atoms with Gasteiger partial charge < -0.3 is 14.4 Å². The van der Waals surface area contributed by atoms with Crippen LogP contribution in [0.15, 0.2) is 42.6 Å². The van der Waals surface area contributed by atoms with Gasteiger partial charge in [0.2, 0.25) is 5.88 Å². The van der Waals surface area contributed by atoms with Crippen LogP contribution < -0.4 is 9.47 Å². The van der Waals surface area contributed by atoms with Gasteiger partial charge in [0, 0.05) is 32.1 Å². The minimum atomic E-state index is -0.349. The average Bonchev–Trinajstić information content (AvgIpc) is 2.68. The summed E-state index contributed by atoms with van der Waals surface area (Å²) in [6, 6.07) is 11.0. The van der Waals surface area contributed by atoms with Crippen molar-refractivity contribution in [2.45, 2.75) is 18.9 Å². The molecule has 1 aromatic heterocycles. The van der Waals surface area contributed by atoms with E-state index < -0.39 is 0 Å². The zero-order valence-corrected chi connectivity index (χ0v) is 14.1. The number of nitriles is 1. The lowest BCUT2D eigenvalue weighted by atomic mass is 10.1. The van der Waals surface area contributed by atoms with Gasteiger partial charge in [0.1, 0.15) is 29.3 Å². The van der Waals surface area contributed by atoms with Crippen LogP contribution in [0.3, 0.4) is 0 Å². The number of pyridine rings is 1. The van der Waals surface area contributed by atoms with Crippen LogP contribution in [0.5, 0.6) is 11.6 Å². The number of hydrogen-bond acceptors (Lipinski definition) is 5. The maximum Gasteiger partial charge on any atom is 0.260 e. The molecule has 3 rings (SSSR count). The third kappa shape index (κ3) is 4.48. The Morgan fingerprint density at radius 3 is 2.69 bits per heavy atom. The number of hydrogen-bond donors (Lipinski definition) is 0. The Bertz CT molecular complexity index is 796. The quantitative estimate of drug-likeness (QED) is 0.824. The molecule has 1 fully saturated rings. The first-order chi connectivity index (χ1) is 12.7. The highest BCUT2D eigenvalue weighted by atomic mass is 19.1. The van der Waals surface area contributed by atoms with Crippen molar-refractivity contribution < 1.29 is 18.7 Å². The smallest absolute Gasteiger partial charge is 0.260 e. The molecular weight excluding hydrogens is 337 g/mol. The molecule has 0 atom stereocenters. The van der Waals surface area contributed by atoms with Crippen molar-refractivity contribution in [2.75, 3.05) is 19.7 Å². The van der Waals surface area contributed by atoms with Crippen molar-refractivity contribution in [1.82, 2.24) is 9.88 Å². The number of ether oxygens (including phenoxy) is 2. The van der Waals surface area contributed by atoms with E-state index in [9.17, 15) is 9.18 Å². The van der Waals surface area contributed by atoms with Crippen molar-refractivity contribution in [1.29, 1.82) is 5.26 Å². The second kappa shape index (κ2) is 8.30. The molecule has 7 heteroatoms. The Balaban J connectivity index is 1.46. The molecule has 0 bridgehead atoms. The number of nitrogens with zero attached hydrogens (tertiary/aromatic N) is 3. The van der Waals surface area contributed by atoms with E-state index >= 15 is 0 Å². The summed E-state index contributed by atoms with van der Waals surface area (Å²) in [5, 5.41) is 9.07. The van der Waals surface area contributed by atoms with E-state index in [0.29, 0.717) is 43.1 Å². The fourth-order valence-corrected chi connectivity index (χ4v) is 2.72. The van der Waals surface area contributed by atoms with Crippen LogP contribution in [0.1, 0.15) is 18.4 Å². The van der Waals surface area contributed by atoms with E-state index in [1.54, 1.807) is 23.2 Å². The minimum Gasteiger partial charge on any atom is -0.484 e. The van der Waals surface area contributed by atoms with Gasteiger partial charge >= 0.3 is 0 Å². The van der Waals surface area contributed by atoms with Gasteiger partial charge in [-0.15, -0.1) is 0 Å². The van der Waals surface area contributed by atoms with Crippen LogP contribution in [-0.2, 0) is 4.79 Å². The van der Waals surface area contributed by atoms with Crippen LogP contribution in [-0.4, -0.2) is 41.6 Å². The molecule has 0 N–H and O–H groups in total. The molecule has 1 aromatic carbocycles. The molecule has 2 heterocycles. The summed E-state index contributed by atoms with van der Waals surface area (Å²) in [6.07, 6.45) is 2.81. The van der Waals surface area contributed by atoms with Crippen LogP contribution in [0.25, 0.3) is 0 Å². The summed E-state index contributed by atoms with van der Waals surface area (Å²) in [5.74, 6) is 0.318. The normalized spacial score (nSPS) is 14.5. The molecule has 134 valence electrons. The zero-order chi connectivity index (χ0) is 18.4. The minimum absolute atomic E-state index is 0.0842. The summed E-state index contributed by atoms with van der Waals surface area (Å²) >= 11 is 0. The van der Waals surface area contributed by atoms with E-state index in [-0.39, 0.29) is 24.4 Å². The number of amides is 1. The predicted molar refractivity (Wildman–Crippen MR) is 91.1 cm³/mol. The standard InChI is InChI=1S/C19H18FN3O3/c20-15-3-5-16(6-4-15)25-13-18(24)23-10-7-17(8-11-23)26-19-14(12-21)2-1-9-22-19/h1-6,9,17H,7-8,10-11,13H2. The fraction of sp³-hybridized carbons (Fsp3) is 0.316. The number of likely N-dealkylation sites (tertiary alicyclic amines) is 1. The summed E-state index contributed by atoms with van der Waals surface area (Å²) in [6.45, 7) is 1.01. The Morgan fingerprint density at radius 1 is 1.27 bits per heavy atom. The lowest BCUT2D eigenvalue weighted by Gasteiger charge is -2.32. The van der Waals surface area contributed by atoms with E-state index in [2.05, 4.69) is 11.1 Å². The van der Waals surface area contributed by atoms with Gasteiger partial charge in [-0.3, -0.25) is 4.79 Å². The second-order valence-corrected chi connectivity index (χ2v) is 5.91. The lowest BCUT2D eigenvalue weighted by Crippen LogP contribution is -2.43. The topological polar surface area (TPSA) is 75.5 Å². The molecule has 1 aliphatic rings. The van der Waals surface area contributed by atoms with Gasteiger partial charge in [-0.05, 0) is 36.4 Å². The van der Waals surface area contributed by atoms with Gasteiger partial charge in [-0.1, -0.05) is 0 Å². The Labute approximate surface area is 150 Å². The fourth-order valence-electron chi connectivity index (χ4n) is 2.72. The highest BCUT2D eigenvalue weighted by Gasteiger charge is 2.25. The number of benzene rings is 1. The van der Waals surface area contributed by atoms with Gasteiger partial charge in [-0.25, -0.2) is 9.37 Å². The van der Waals surface area contributed by atoms with Crippen molar-refractivity contribution in [3.8, 4) is 17.7 Å². The molecule has 0 radical (unpaired) electrons. The first kappa shape index (κ1) is 17.7. The van der Waals surface area contributed by atoms with Gasteiger partial charge in [0.15, 0.2) is 6.61 Å². The molecule has 1 aliphatic heterocycles. The van der Waals surface area contributed by atoms with E-state index in [1.165, 1.54) is 24.3 Å². The van der Waals surface area contributed by atoms with E-state index in [0.717, 1.165) is 0 Å². The maximum atomic E-state index is 12.9. The SMILES string of the molecule is N#Cc1cccnc1OC1CCN(C(=O)COc2ccc(F)cc2)CC1. The number of carbonyl (C=O) groups is 1. The summed E-state index contributed by atoms with van der Waals surface area (Å²) < 4.78 is 24.1. The van der Waals surface area contributed by atoms with Crippen LogP contribution in [0, 0.1) is 17.1 Å². The van der Waals surface area contributed by atoms with Crippen molar-refractivity contribution in [3.05, 3.63) is 54.0 Å². The summed E-state index contributed by atoms with van der Waals surface area (Å²) in [7, 11) is 0. The maximum absolute atomic E-state index is 12.9. The molecule has 1 saturated heterocycles. The lowest BCUT2D eigenvalue weighted by molar-refractivity contribution is -0.135. The van der Waals surface area contributed by atoms with Crippen LogP contribution in [0.2, 0.25) is 0 Å². The van der Waals surface area contributed by atoms with Gasteiger partial charge in [0.25, 0.3) is 5.91 Å². The molecule has 0 unspecified atom stereocenters. The summed E-state index contributed by atoms with van der Waals surface area (Å²) in [4.78, 5) is 18.0. The molecule has 0 aliphatic carbocycles. The van der Waals surface area contributed by atoms with Gasteiger partial charge in [-0.2, -0.15) is 5.26 Å². The molecule has 1 amide bonds. The molecule has 6 nitrogen and oxygen atoms in total. The molecular formula is C19H18FN3O3. The van der Waals surface area contributed by atoms with Crippen molar-refractivity contribution in [3.63, 3.8) is 0 Å². The monoisotopic (exact) mass is 355 g/mol. The predicted octanol–water partition coefficient (Wildman–Crippen LogP) is 2.54. The number of aromatic nitrogens is 1. The Morgan fingerprint density at radius 2 is 2.00 bits per heavy atom. The first-order valence-electron chi connectivity index (χ1n) is 8.33. The van der Waals surface area contributed by atoms with Gasteiger partial charge in [0.05, 0.1) is 0 Å². The van der Waals surface area contributed by atoms with Crippen LogP contribution in [0.4, 0.5) is 4.39 Å². The van der Waals surface area contributed by atoms with Crippen LogP contribution >= 0.6 is 0 Å². The molecule has 2 aromatic rings. The number of rotatable bonds is 5. The van der Waals surface area contributed by atoms with Crippen molar-refractivity contribution in [2.24, 2.45) is 0 Å². The molecule has 0 saturated carbocycles. The largest absolute Gasteiger partial charge is 0.484 e. The van der Waals surface area contributed by atoms with Crippen molar-refractivity contribution >= 4 is 5.91 Å². The highest BCUT2D eigenvalue weighted by Crippen LogP contribution is 2.20. The Hall–Kier alpha value is -3.14. The average molecular weight is 355 g/mol. The second-order valence-electron chi connectivity index (χ2n) is 5.91. The first-order valence-corrected chi connectivity index (χ1v) is 8.33. The zero-order valence-electron chi connectivity index (χ0n) is 14.1. The van der Waals surface area contributed by atoms with E-state index in [4.69, 9.17) is 14.7 Å². The molecule has 0 spiro atoms. The highest BCUT2D eigenvalue weighted by molar-refractivity contribution is 5.77. The van der Waals surface area contributed by atoms with E-state index in [1.807, 2.05) is 0 Å². The number of halogens is 1. The molecule has 26 heavy (non-hydrogen) atoms. The number of piperidine rings is 1. The summed E-state index contributed by atoms with van der Waals surface area (Å²) in [5.41, 5.74) is 0.402. The third-order valence-corrected chi connectivity index (χ3v) is 4.14. The number of carbonyl (C=O) groups excluding carboxylic acids is 1. The Kier molecular flexibility index (Phi) is 5.64.